The molecule has 0 aliphatic carbocycles. The second-order valence-electron chi connectivity index (χ2n) is 6.36. The van der Waals surface area contributed by atoms with E-state index in [1.54, 1.807) is 21.3 Å². The molecule has 0 saturated heterocycles. The van der Waals surface area contributed by atoms with Gasteiger partial charge < -0.3 is 35.9 Å². The highest BCUT2D eigenvalue weighted by Gasteiger charge is 2.20. The fourth-order valence-electron chi connectivity index (χ4n) is 2.85. The van der Waals surface area contributed by atoms with Gasteiger partial charge in [0.15, 0.2) is 11.5 Å². The minimum Gasteiger partial charge on any atom is -0.493 e. The van der Waals surface area contributed by atoms with Crippen molar-refractivity contribution < 1.29 is 40.9 Å². The van der Waals surface area contributed by atoms with Crippen LogP contribution in [0.15, 0.2) is 52.9 Å². The van der Waals surface area contributed by atoms with E-state index in [1.807, 2.05) is 42.5 Å². The summed E-state index contributed by atoms with van der Waals surface area (Å²) in [5.74, 6) is 2.12. The standard InChI is InChI=1S/C21H23NO4.BF4/c1-23-12-6-11-22-17-14-20(26-18-8-5-4-7-16(17)18)15-9-10-19(24-2)21(13-15)25-3;2-1(3,4)5/h4-5,7-10,13-14H,6,11-12H2,1-3H3;/q;-1/p+1. The number of hydrogen-bond donors (Lipinski definition) is 1. The van der Waals surface area contributed by atoms with Crippen LogP contribution in [0.3, 0.4) is 0 Å². The summed E-state index contributed by atoms with van der Waals surface area (Å²) >= 11 is 0. The summed E-state index contributed by atoms with van der Waals surface area (Å²) in [5.41, 5.74) is 1.75. The summed E-state index contributed by atoms with van der Waals surface area (Å²) in [5, 5.41) is 2.09. The topological polar surface area (TPSA) is 54.8 Å². The zero-order valence-corrected chi connectivity index (χ0v) is 17.5. The van der Waals surface area contributed by atoms with Gasteiger partial charge in [0.25, 0.3) is 0 Å². The molecule has 1 heterocycles. The molecular formula is C21H24BF4NO4. The smallest absolute Gasteiger partial charge is 0.493 e. The number of nitrogens with one attached hydrogen (secondary N) is 1. The maximum Gasteiger partial charge on any atom is 0.673 e. The van der Waals surface area contributed by atoms with Gasteiger partial charge in [-0.2, -0.15) is 0 Å². The van der Waals surface area contributed by atoms with Gasteiger partial charge in [0, 0.05) is 19.1 Å². The average molecular weight is 441 g/mol. The lowest BCUT2D eigenvalue weighted by atomic mass is 10.1. The Hall–Kier alpha value is -3.01. The van der Waals surface area contributed by atoms with Crippen molar-refractivity contribution in [3.63, 3.8) is 0 Å². The molecule has 0 fully saturated rings. The van der Waals surface area contributed by atoms with Gasteiger partial charge in [-0.3, -0.25) is 0 Å². The number of halogens is 4. The minimum atomic E-state index is -6.00. The molecule has 0 spiro atoms. The predicted molar refractivity (Wildman–Crippen MR) is 110 cm³/mol. The van der Waals surface area contributed by atoms with Gasteiger partial charge in [0.1, 0.15) is 17.9 Å². The molecule has 0 bridgehead atoms. The number of ether oxygens (including phenoxy) is 3. The molecule has 2 aromatic carbocycles. The lowest BCUT2D eigenvalue weighted by molar-refractivity contribution is -0.500. The molecule has 31 heavy (non-hydrogen) atoms. The van der Waals surface area contributed by atoms with Crippen LogP contribution < -0.4 is 19.8 Å². The normalized spacial score (nSPS) is 11.8. The van der Waals surface area contributed by atoms with Crippen molar-refractivity contribution in [1.29, 1.82) is 0 Å². The van der Waals surface area contributed by atoms with E-state index >= 15 is 0 Å². The largest absolute Gasteiger partial charge is 0.673 e. The molecule has 1 aromatic heterocycles. The van der Waals surface area contributed by atoms with Crippen LogP contribution in [0.1, 0.15) is 6.42 Å². The van der Waals surface area contributed by atoms with Gasteiger partial charge >= 0.3 is 7.25 Å². The lowest BCUT2D eigenvalue weighted by Crippen LogP contribution is -2.76. The molecule has 0 radical (unpaired) electrons. The molecular weight excluding hydrogens is 417 g/mol. The summed E-state index contributed by atoms with van der Waals surface area (Å²) in [6.45, 7) is 1.55. The van der Waals surface area contributed by atoms with Gasteiger partial charge in [-0.25, -0.2) is 4.99 Å². The second kappa shape index (κ2) is 11.4. The van der Waals surface area contributed by atoms with Crippen molar-refractivity contribution in [2.24, 2.45) is 0 Å². The molecule has 0 amide bonds. The van der Waals surface area contributed by atoms with Gasteiger partial charge in [0.2, 0.25) is 5.36 Å². The molecule has 0 atom stereocenters. The van der Waals surface area contributed by atoms with Crippen LogP contribution in [-0.2, 0) is 4.74 Å². The minimum absolute atomic E-state index is 0.669. The van der Waals surface area contributed by atoms with Crippen LogP contribution in [0.5, 0.6) is 11.5 Å². The van der Waals surface area contributed by atoms with Gasteiger partial charge in [-0.1, -0.05) is 12.1 Å². The Morgan fingerprint density at radius 3 is 2.23 bits per heavy atom. The van der Waals surface area contributed by atoms with Crippen LogP contribution in [0, 0.1) is 0 Å². The number of para-hydroxylation sites is 1. The lowest BCUT2D eigenvalue weighted by Gasteiger charge is -2.09. The molecule has 168 valence electrons. The van der Waals surface area contributed by atoms with E-state index in [0.717, 1.165) is 47.2 Å². The second-order valence-corrected chi connectivity index (χ2v) is 6.36. The highest BCUT2D eigenvalue weighted by atomic mass is 19.5. The molecule has 3 aromatic rings. The Labute approximate surface area is 177 Å². The zero-order chi connectivity index (χ0) is 22.9. The molecule has 5 nitrogen and oxygen atoms in total. The van der Waals surface area contributed by atoms with Crippen LogP contribution >= 0.6 is 0 Å². The predicted octanol–water partition coefficient (Wildman–Crippen LogP) is 3.43. The van der Waals surface area contributed by atoms with E-state index in [9.17, 15) is 17.3 Å². The first-order valence-electron chi connectivity index (χ1n) is 9.45. The van der Waals surface area contributed by atoms with Crippen LogP contribution in [0.2, 0.25) is 0 Å². The Kier molecular flexibility index (Phi) is 8.93. The third-order valence-corrected chi connectivity index (χ3v) is 4.18. The van der Waals surface area contributed by atoms with Crippen molar-refractivity contribution in [2.45, 2.75) is 6.42 Å². The fourth-order valence-corrected chi connectivity index (χ4v) is 2.85. The molecule has 1 N–H and O–H groups in total. The Morgan fingerprint density at radius 1 is 0.903 bits per heavy atom. The zero-order valence-electron chi connectivity index (χ0n) is 17.5. The maximum atomic E-state index is 9.75. The number of rotatable bonds is 7. The van der Waals surface area contributed by atoms with E-state index in [-0.39, 0.29) is 0 Å². The van der Waals surface area contributed by atoms with E-state index in [2.05, 4.69) is 11.1 Å². The van der Waals surface area contributed by atoms with Gasteiger partial charge in [-0.15, -0.1) is 0 Å². The van der Waals surface area contributed by atoms with E-state index in [1.165, 1.54) is 0 Å². The van der Waals surface area contributed by atoms with Crippen molar-refractivity contribution in [3.8, 4) is 22.8 Å². The van der Waals surface area contributed by atoms with Crippen molar-refractivity contribution in [1.82, 2.24) is 0 Å². The molecule has 0 saturated carbocycles. The highest BCUT2D eigenvalue weighted by molar-refractivity contribution is 6.50. The molecule has 3 rings (SSSR count). The van der Waals surface area contributed by atoms with Crippen LogP contribution in [-0.4, -0.2) is 41.7 Å². The number of benzene rings is 2. The van der Waals surface area contributed by atoms with E-state index < -0.39 is 7.25 Å². The third-order valence-electron chi connectivity index (χ3n) is 4.18. The summed E-state index contributed by atoms with van der Waals surface area (Å²) in [6.07, 6.45) is 0.933. The van der Waals surface area contributed by atoms with Crippen molar-refractivity contribution >= 4 is 18.2 Å². The summed E-state index contributed by atoms with van der Waals surface area (Å²) in [7, 11) is -1.03. The van der Waals surface area contributed by atoms with Gasteiger partial charge in [0.05, 0.1) is 32.3 Å². The fraction of sp³-hybridized carbons (Fsp3) is 0.286. The Morgan fingerprint density at radius 2 is 1.58 bits per heavy atom. The first-order valence-corrected chi connectivity index (χ1v) is 9.45. The molecule has 0 aliphatic heterocycles. The molecule has 10 heteroatoms. The summed E-state index contributed by atoms with van der Waals surface area (Å²) < 4.78 is 61.0. The average Bonchev–Trinajstić information content (AvgIpc) is 2.74. The monoisotopic (exact) mass is 441 g/mol. The summed E-state index contributed by atoms with van der Waals surface area (Å²) in [6, 6.07) is 15.8. The first-order chi connectivity index (χ1) is 14.8. The van der Waals surface area contributed by atoms with Gasteiger partial charge in [-0.05, 0) is 30.3 Å². The van der Waals surface area contributed by atoms with E-state index in [4.69, 9.17) is 18.6 Å². The number of hydrogen-bond acceptors (Lipinski definition) is 4. The SMILES string of the molecule is COCCC[NH+]=c1cc(-c2ccc(OC)c(OC)c2)oc2ccccc12.F[B-](F)(F)F. The van der Waals surface area contributed by atoms with Crippen LogP contribution in [0.25, 0.3) is 22.3 Å². The first kappa shape index (κ1) is 24.3. The highest BCUT2D eigenvalue weighted by Crippen LogP contribution is 2.32. The molecule has 0 aliphatic rings. The quantitative estimate of drug-likeness (QED) is 0.347. The number of methoxy groups -OCH3 is 3. The van der Waals surface area contributed by atoms with Crippen molar-refractivity contribution in [2.75, 3.05) is 34.5 Å². The van der Waals surface area contributed by atoms with Crippen LogP contribution in [0.4, 0.5) is 17.3 Å². The maximum absolute atomic E-state index is 9.75. The Bertz CT molecular complexity index is 1050. The van der Waals surface area contributed by atoms with E-state index in [0.29, 0.717) is 11.5 Å². The number of fused-ring (bicyclic) bond motifs is 1. The molecule has 0 unspecified atom stereocenters. The Balaban J connectivity index is 0.000000614. The summed E-state index contributed by atoms with van der Waals surface area (Å²) in [4.78, 5) is 3.49. The third kappa shape index (κ3) is 7.64. The van der Waals surface area contributed by atoms with Crippen molar-refractivity contribution in [3.05, 3.63) is 53.9 Å².